The maximum atomic E-state index is 12.4. The molecule has 19 heavy (non-hydrogen) atoms. The van der Waals surface area contributed by atoms with Crippen LogP contribution in [0.15, 0.2) is 6.20 Å². The van der Waals surface area contributed by atoms with Crippen LogP contribution in [0.5, 0.6) is 0 Å². The van der Waals surface area contributed by atoms with Crippen LogP contribution in [0.1, 0.15) is 53.1 Å². The van der Waals surface area contributed by atoms with E-state index in [1.165, 1.54) is 13.1 Å². The number of fused-ring (bicyclic) bond motifs is 1. The molecule has 1 unspecified atom stereocenters. The molecule has 2 rings (SSSR count). The van der Waals surface area contributed by atoms with Gasteiger partial charge in [0.2, 0.25) is 0 Å². The third-order valence-corrected chi connectivity index (χ3v) is 3.43. The zero-order chi connectivity index (χ0) is 14.0. The molecule has 1 aliphatic carbocycles. The molecule has 1 aliphatic rings. The minimum atomic E-state index is -0.634. The van der Waals surface area contributed by atoms with Gasteiger partial charge >= 0.3 is 5.97 Å². The van der Waals surface area contributed by atoms with Crippen LogP contribution in [0, 0.1) is 5.92 Å². The lowest BCUT2D eigenvalue weighted by Gasteiger charge is -2.10. The van der Waals surface area contributed by atoms with Crippen LogP contribution >= 0.6 is 0 Å². The Morgan fingerprint density at radius 3 is 2.84 bits per heavy atom. The highest BCUT2D eigenvalue weighted by Gasteiger charge is 2.33. The van der Waals surface area contributed by atoms with Crippen molar-refractivity contribution in [1.29, 1.82) is 0 Å². The second-order valence-corrected chi connectivity index (χ2v) is 4.70. The molecule has 0 aliphatic heterocycles. The number of H-pyrrole nitrogens is 1. The average molecular weight is 263 g/mol. The molecule has 0 saturated carbocycles. The van der Waals surface area contributed by atoms with Gasteiger partial charge in [-0.1, -0.05) is 0 Å². The van der Waals surface area contributed by atoms with Crippen LogP contribution in [0.2, 0.25) is 0 Å². The molecule has 0 spiro atoms. The number of carbonyl (C=O) groups excluding carboxylic acids is 3. The molecule has 0 fully saturated rings. The van der Waals surface area contributed by atoms with E-state index >= 15 is 0 Å². The second kappa shape index (κ2) is 5.38. The van der Waals surface area contributed by atoms with Crippen LogP contribution in [0.25, 0.3) is 0 Å². The summed E-state index contributed by atoms with van der Waals surface area (Å²) in [5.74, 6) is -1.55. The molecule has 0 amide bonds. The van der Waals surface area contributed by atoms with Crippen LogP contribution < -0.4 is 0 Å². The van der Waals surface area contributed by atoms with Crippen molar-refractivity contribution in [2.75, 3.05) is 6.61 Å². The third kappa shape index (κ3) is 2.45. The van der Waals surface area contributed by atoms with Gasteiger partial charge in [-0.05, 0) is 33.1 Å². The first-order valence-corrected chi connectivity index (χ1v) is 6.48. The predicted octanol–water partition coefficient (Wildman–Crippen LogP) is 1.92. The number of esters is 1. The molecule has 1 heterocycles. The minimum absolute atomic E-state index is 0.145. The number of ketones is 2. The first kappa shape index (κ1) is 13.5. The van der Waals surface area contributed by atoms with Crippen LogP contribution in [0.4, 0.5) is 0 Å². The first-order chi connectivity index (χ1) is 9.06. The fourth-order valence-corrected chi connectivity index (χ4v) is 2.49. The molecule has 0 bridgehead atoms. The molecule has 1 aromatic heterocycles. The molecule has 1 aromatic rings. The van der Waals surface area contributed by atoms with Crippen molar-refractivity contribution >= 4 is 17.5 Å². The summed E-state index contributed by atoms with van der Waals surface area (Å²) in [5.41, 5.74) is 1.32. The number of carbonyl (C=O) groups is 3. The molecule has 5 heteroatoms. The van der Waals surface area contributed by atoms with E-state index in [1.54, 1.807) is 6.92 Å². The van der Waals surface area contributed by atoms with Gasteiger partial charge in [0.1, 0.15) is 5.78 Å². The Kier molecular flexibility index (Phi) is 3.83. The lowest BCUT2D eigenvalue weighted by molar-refractivity contribution is -0.119. The molecule has 1 N–H and O–H groups in total. The van der Waals surface area contributed by atoms with Gasteiger partial charge in [0.15, 0.2) is 5.78 Å². The van der Waals surface area contributed by atoms with Crippen LogP contribution in [-0.4, -0.2) is 29.1 Å². The van der Waals surface area contributed by atoms with E-state index in [-0.39, 0.29) is 23.7 Å². The van der Waals surface area contributed by atoms with Crippen molar-refractivity contribution < 1.29 is 19.1 Å². The Morgan fingerprint density at radius 2 is 2.21 bits per heavy atom. The number of Topliss-reactive ketones (excluding diaryl/α,β-unsaturated/α-hetero) is 2. The minimum Gasteiger partial charge on any atom is -0.462 e. The lowest BCUT2D eigenvalue weighted by Crippen LogP contribution is -2.23. The Morgan fingerprint density at radius 1 is 1.47 bits per heavy atom. The number of hydrogen-bond donors (Lipinski definition) is 1. The van der Waals surface area contributed by atoms with Gasteiger partial charge in [-0.2, -0.15) is 0 Å². The largest absolute Gasteiger partial charge is 0.462 e. The molecule has 5 nitrogen and oxygen atoms in total. The summed E-state index contributed by atoms with van der Waals surface area (Å²) in [6.07, 6.45) is 3.47. The van der Waals surface area contributed by atoms with E-state index in [4.69, 9.17) is 4.74 Å². The number of nitrogens with one attached hydrogen (secondary N) is 1. The highest BCUT2D eigenvalue weighted by atomic mass is 16.5. The summed E-state index contributed by atoms with van der Waals surface area (Å²) in [6, 6.07) is 0. The van der Waals surface area contributed by atoms with Crippen molar-refractivity contribution in [3.8, 4) is 0 Å². The maximum Gasteiger partial charge on any atom is 0.340 e. The summed E-state index contributed by atoms with van der Waals surface area (Å²) >= 11 is 0. The molecule has 102 valence electrons. The summed E-state index contributed by atoms with van der Waals surface area (Å²) in [7, 11) is 0. The van der Waals surface area contributed by atoms with Crippen molar-refractivity contribution in [2.24, 2.45) is 5.92 Å². The maximum absolute atomic E-state index is 12.4. The monoisotopic (exact) mass is 263 g/mol. The van der Waals surface area contributed by atoms with Crippen LogP contribution in [0.3, 0.4) is 0 Å². The summed E-state index contributed by atoms with van der Waals surface area (Å²) in [5, 5.41) is 0. The lowest BCUT2D eigenvalue weighted by atomic mass is 9.91. The van der Waals surface area contributed by atoms with Gasteiger partial charge < -0.3 is 9.72 Å². The quantitative estimate of drug-likeness (QED) is 0.513. The normalized spacial score (nSPS) is 18.6. The van der Waals surface area contributed by atoms with Gasteiger partial charge in [-0.25, -0.2) is 4.79 Å². The summed E-state index contributed by atoms with van der Waals surface area (Å²) in [4.78, 5) is 38.8. The SMILES string of the molecule is CCOC(=O)c1c[nH]c2c1C(=O)C(C(C)=O)CCC2. The smallest absolute Gasteiger partial charge is 0.340 e. The van der Waals surface area contributed by atoms with E-state index in [0.29, 0.717) is 18.4 Å². The fourth-order valence-electron chi connectivity index (χ4n) is 2.49. The Labute approximate surface area is 111 Å². The number of rotatable bonds is 3. The van der Waals surface area contributed by atoms with E-state index in [0.717, 1.165) is 12.1 Å². The molecule has 1 atom stereocenters. The first-order valence-electron chi connectivity index (χ1n) is 6.48. The van der Waals surface area contributed by atoms with Gasteiger partial charge in [-0.15, -0.1) is 0 Å². The van der Waals surface area contributed by atoms with Crippen LogP contribution in [-0.2, 0) is 16.0 Å². The average Bonchev–Trinajstić information content (AvgIpc) is 2.70. The van der Waals surface area contributed by atoms with Crippen molar-refractivity contribution in [3.05, 3.63) is 23.0 Å². The van der Waals surface area contributed by atoms with Crippen molar-refractivity contribution in [3.63, 3.8) is 0 Å². The van der Waals surface area contributed by atoms with Gasteiger partial charge in [0, 0.05) is 11.9 Å². The molecular formula is C14H17NO4. The van der Waals surface area contributed by atoms with Gasteiger partial charge in [-0.3, -0.25) is 9.59 Å². The summed E-state index contributed by atoms with van der Waals surface area (Å²) in [6.45, 7) is 3.39. The third-order valence-electron chi connectivity index (χ3n) is 3.43. The van der Waals surface area contributed by atoms with E-state index in [1.807, 2.05) is 0 Å². The Balaban J connectivity index is 2.43. The van der Waals surface area contributed by atoms with Crippen molar-refractivity contribution in [1.82, 2.24) is 4.98 Å². The number of ether oxygens (including phenoxy) is 1. The number of aromatic amines is 1. The zero-order valence-electron chi connectivity index (χ0n) is 11.1. The molecular weight excluding hydrogens is 246 g/mol. The van der Waals surface area contributed by atoms with Gasteiger partial charge in [0.25, 0.3) is 0 Å². The van der Waals surface area contributed by atoms with E-state index in [2.05, 4.69) is 4.98 Å². The highest BCUT2D eigenvalue weighted by Crippen LogP contribution is 2.28. The Hall–Kier alpha value is -1.91. The van der Waals surface area contributed by atoms with Crippen molar-refractivity contribution in [2.45, 2.75) is 33.1 Å². The fraction of sp³-hybridized carbons (Fsp3) is 0.500. The van der Waals surface area contributed by atoms with E-state index in [9.17, 15) is 14.4 Å². The topological polar surface area (TPSA) is 76.2 Å². The zero-order valence-corrected chi connectivity index (χ0v) is 11.1. The highest BCUT2D eigenvalue weighted by molar-refractivity contribution is 6.15. The molecule has 0 radical (unpaired) electrons. The number of aromatic nitrogens is 1. The second-order valence-electron chi connectivity index (χ2n) is 4.70. The molecule has 0 saturated heterocycles. The number of hydrogen-bond acceptors (Lipinski definition) is 4. The summed E-state index contributed by atoms with van der Waals surface area (Å²) < 4.78 is 4.94. The Bertz CT molecular complexity index is 530. The van der Waals surface area contributed by atoms with E-state index < -0.39 is 11.9 Å². The standard InChI is InChI=1S/C14H17NO4/c1-3-19-14(18)10-7-15-11-6-4-5-9(8(2)16)13(17)12(10)11/h7,9,15H,3-6H2,1-2H3. The number of aryl methyl sites for hydroxylation is 1. The predicted molar refractivity (Wildman–Crippen MR) is 68.2 cm³/mol. The van der Waals surface area contributed by atoms with Gasteiger partial charge in [0.05, 0.1) is 23.7 Å². The molecule has 0 aromatic carbocycles.